The molecule has 0 aromatic heterocycles. The Balaban J connectivity index is 5.27. The van der Waals surface area contributed by atoms with Gasteiger partial charge in [-0.2, -0.15) is 0 Å². The molecule has 29 heavy (non-hydrogen) atoms. The Labute approximate surface area is 180 Å². The van der Waals surface area contributed by atoms with Crippen molar-refractivity contribution in [1.82, 2.24) is 0 Å². The average molecular weight is 475 g/mol. The molecule has 0 heterocycles. The van der Waals surface area contributed by atoms with E-state index < -0.39 is 32.5 Å². The number of hydrogen-bond acceptors (Lipinski definition) is 9. The molecular formula is C17H42O9Si3. The summed E-state index contributed by atoms with van der Waals surface area (Å²) in [6, 6.07) is 0. The highest BCUT2D eigenvalue weighted by Crippen LogP contribution is 2.18. The van der Waals surface area contributed by atoms with Crippen LogP contribution < -0.4 is 0 Å². The van der Waals surface area contributed by atoms with Crippen molar-refractivity contribution in [2.24, 2.45) is 0 Å². The number of hydrogen-bond donors (Lipinski definition) is 0. The summed E-state index contributed by atoms with van der Waals surface area (Å²) in [5.74, 6) is 0. The second-order valence-corrected chi connectivity index (χ2v) is 14.2. The summed E-state index contributed by atoms with van der Waals surface area (Å²) < 4.78 is 52.6. The van der Waals surface area contributed by atoms with E-state index >= 15 is 0 Å². The maximum atomic E-state index is 6.20. The molecule has 0 aliphatic carbocycles. The first-order valence-corrected chi connectivity index (χ1v) is 17.0. The molecule has 0 aliphatic rings. The molecule has 0 bridgehead atoms. The minimum absolute atomic E-state index is 0.213. The van der Waals surface area contributed by atoms with Crippen LogP contribution in [0.5, 0.6) is 0 Å². The van der Waals surface area contributed by atoms with Crippen LogP contribution in [0.4, 0.5) is 0 Å². The highest BCUT2D eigenvalue weighted by molar-refractivity contribution is 6.60. The first kappa shape index (κ1) is 29.3. The minimum Gasteiger partial charge on any atom is -0.377 e. The van der Waals surface area contributed by atoms with E-state index in [1.807, 2.05) is 54.3 Å². The van der Waals surface area contributed by atoms with E-state index in [0.717, 1.165) is 0 Å². The quantitative estimate of drug-likeness (QED) is 0.262. The van der Waals surface area contributed by atoms with Gasteiger partial charge in [0.1, 0.15) is 0 Å². The van der Waals surface area contributed by atoms with Gasteiger partial charge in [-0.15, -0.1) is 0 Å². The molecule has 0 amide bonds. The molecule has 0 radical (unpaired) electrons. The van der Waals surface area contributed by atoms with Gasteiger partial charge < -0.3 is 39.8 Å². The molecule has 0 aliphatic heterocycles. The van der Waals surface area contributed by atoms with Gasteiger partial charge in [0.05, 0.1) is 19.3 Å². The van der Waals surface area contributed by atoms with Crippen molar-refractivity contribution in [2.75, 3.05) is 53.4 Å². The lowest BCUT2D eigenvalue weighted by atomic mass is 10.4. The summed E-state index contributed by atoms with van der Waals surface area (Å²) >= 11 is 0. The summed E-state index contributed by atoms with van der Waals surface area (Å²) in [6.07, 6.45) is -0.460. The third kappa shape index (κ3) is 12.0. The second-order valence-electron chi connectivity index (χ2n) is 6.32. The molecule has 9 nitrogen and oxygen atoms in total. The third-order valence-corrected chi connectivity index (χ3v) is 10.8. The Morgan fingerprint density at radius 3 is 1.10 bits per heavy atom. The van der Waals surface area contributed by atoms with E-state index in [2.05, 4.69) is 0 Å². The highest BCUT2D eigenvalue weighted by Gasteiger charge is 2.41. The average Bonchev–Trinajstić information content (AvgIpc) is 2.65. The first-order chi connectivity index (χ1) is 13.6. The van der Waals surface area contributed by atoms with E-state index in [1.165, 1.54) is 0 Å². The Morgan fingerprint density at radius 2 is 0.828 bits per heavy atom. The van der Waals surface area contributed by atoms with Crippen molar-refractivity contribution in [3.63, 3.8) is 0 Å². The molecule has 0 N–H and O–H groups in total. The van der Waals surface area contributed by atoms with Gasteiger partial charge in [-0.3, -0.25) is 0 Å². The normalized spacial score (nSPS) is 15.1. The van der Waals surface area contributed by atoms with Crippen molar-refractivity contribution in [2.45, 2.75) is 60.4 Å². The van der Waals surface area contributed by atoms with Crippen molar-refractivity contribution in [3.8, 4) is 0 Å². The lowest BCUT2D eigenvalue weighted by Crippen LogP contribution is -2.52. The van der Waals surface area contributed by atoms with Crippen molar-refractivity contribution < 1.29 is 39.8 Å². The molecule has 12 heteroatoms. The van der Waals surface area contributed by atoms with Gasteiger partial charge in [0.2, 0.25) is 0 Å². The maximum Gasteiger partial charge on any atom is 0.497 e. The fraction of sp³-hybridized carbons (Fsp3) is 1.00. The number of rotatable bonds is 19. The minimum atomic E-state index is -2.85. The first-order valence-electron chi connectivity index (χ1n) is 10.4. The summed E-state index contributed by atoms with van der Waals surface area (Å²) in [5, 5.41) is 0. The van der Waals surface area contributed by atoms with Crippen molar-refractivity contribution in [3.05, 3.63) is 0 Å². The lowest BCUT2D eigenvalue weighted by Gasteiger charge is -2.33. The summed E-state index contributed by atoms with van der Waals surface area (Å²) in [6.45, 7) is 18.1. The van der Waals surface area contributed by atoms with Gasteiger partial charge in [-0.1, -0.05) is 0 Å². The Kier molecular flexibility index (Phi) is 15.3. The molecular weight excluding hydrogens is 432 g/mol. The van der Waals surface area contributed by atoms with Crippen molar-refractivity contribution >= 4 is 26.4 Å². The van der Waals surface area contributed by atoms with Gasteiger partial charge in [0.25, 0.3) is 0 Å². The monoisotopic (exact) mass is 474 g/mol. The van der Waals surface area contributed by atoms with Crippen LogP contribution in [0.25, 0.3) is 0 Å². The molecule has 0 saturated heterocycles. The lowest BCUT2D eigenvalue weighted by molar-refractivity contribution is -0.0317. The van der Waals surface area contributed by atoms with Gasteiger partial charge in [-0.05, 0) is 34.6 Å². The molecule has 176 valence electrons. The molecule has 1 atom stereocenters. The fourth-order valence-electron chi connectivity index (χ4n) is 2.61. The van der Waals surface area contributed by atoms with Crippen LogP contribution in [0, 0.1) is 0 Å². The standard InChI is InChI=1S/C17H42O9Si3/c1-10-19-27(7,18-6)26-17(15-24-28(8,20-11-2)21-12-3)16-25-29(9,22-13-4)23-14-5/h17H,10-16H2,1-9H3. The largest absolute Gasteiger partial charge is 0.497 e. The van der Waals surface area contributed by atoms with E-state index in [9.17, 15) is 0 Å². The van der Waals surface area contributed by atoms with E-state index in [0.29, 0.717) is 33.0 Å². The van der Waals surface area contributed by atoms with Crippen LogP contribution in [0.2, 0.25) is 19.6 Å². The Bertz CT molecular complexity index is 382. The van der Waals surface area contributed by atoms with Gasteiger partial charge in [-0.25, -0.2) is 0 Å². The summed E-state index contributed by atoms with van der Waals surface area (Å²) in [4.78, 5) is 0. The van der Waals surface area contributed by atoms with Gasteiger partial charge in [0.15, 0.2) is 0 Å². The molecule has 1 unspecified atom stereocenters. The fourth-order valence-corrected chi connectivity index (χ4v) is 7.73. The predicted molar refractivity (Wildman–Crippen MR) is 117 cm³/mol. The Morgan fingerprint density at radius 1 is 0.517 bits per heavy atom. The Hall–Kier alpha value is 0.291. The van der Waals surface area contributed by atoms with Crippen LogP contribution in [0.15, 0.2) is 0 Å². The molecule has 0 rings (SSSR count). The topological polar surface area (TPSA) is 83.1 Å². The second kappa shape index (κ2) is 15.2. The highest BCUT2D eigenvalue weighted by atomic mass is 28.4. The van der Waals surface area contributed by atoms with Crippen LogP contribution in [0.3, 0.4) is 0 Å². The van der Waals surface area contributed by atoms with Crippen LogP contribution in [0.1, 0.15) is 34.6 Å². The summed E-state index contributed by atoms with van der Waals surface area (Å²) in [7, 11) is -6.81. The van der Waals surface area contributed by atoms with E-state index in [4.69, 9.17) is 39.8 Å². The summed E-state index contributed by atoms with van der Waals surface area (Å²) in [5.41, 5.74) is 0. The SMILES string of the molecule is CCO[Si](C)(OCC)OCC(CO[Si](C)(OCC)OCC)O[Si](C)(OC)OCC. The molecule has 0 fully saturated rings. The van der Waals surface area contributed by atoms with Crippen LogP contribution in [-0.2, 0) is 39.8 Å². The van der Waals surface area contributed by atoms with Crippen LogP contribution >= 0.6 is 0 Å². The predicted octanol–water partition coefficient (Wildman–Crippen LogP) is 2.94. The zero-order valence-electron chi connectivity index (χ0n) is 19.7. The van der Waals surface area contributed by atoms with E-state index in [1.54, 1.807) is 7.11 Å². The van der Waals surface area contributed by atoms with E-state index in [-0.39, 0.29) is 13.2 Å². The van der Waals surface area contributed by atoms with Gasteiger partial charge >= 0.3 is 26.4 Å². The van der Waals surface area contributed by atoms with Gasteiger partial charge in [0, 0.05) is 59.8 Å². The van der Waals surface area contributed by atoms with Crippen LogP contribution in [-0.4, -0.2) is 85.9 Å². The molecule has 0 spiro atoms. The maximum absolute atomic E-state index is 6.20. The van der Waals surface area contributed by atoms with Crippen molar-refractivity contribution in [1.29, 1.82) is 0 Å². The molecule has 0 aromatic carbocycles. The molecule has 0 saturated carbocycles. The zero-order chi connectivity index (χ0) is 22.4. The molecule has 0 aromatic rings. The zero-order valence-corrected chi connectivity index (χ0v) is 22.7. The smallest absolute Gasteiger partial charge is 0.377 e. The third-order valence-electron chi connectivity index (χ3n) is 3.85.